The van der Waals surface area contributed by atoms with Gasteiger partial charge < -0.3 is 24.2 Å². The van der Waals surface area contributed by atoms with Gasteiger partial charge in [0, 0.05) is 25.8 Å². The van der Waals surface area contributed by atoms with Gasteiger partial charge in [0.05, 0.1) is 18.7 Å². The average Bonchev–Trinajstić information content (AvgIpc) is 3.14. The number of nitrogens with zero attached hydrogens (tertiary/aromatic N) is 1. The maximum Gasteiger partial charge on any atom is 0.295 e. The van der Waals surface area contributed by atoms with E-state index in [1.54, 1.807) is 56.7 Å². The molecule has 0 saturated carbocycles. The summed E-state index contributed by atoms with van der Waals surface area (Å²) in [6.45, 7) is 0.734. The number of carbonyl (C=O) groups excluding carboxylic acids is 2. The minimum Gasteiger partial charge on any atom is -0.507 e. The third kappa shape index (κ3) is 5.20. The molecular formula is C28H27NO6. The smallest absolute Gasteiger partial charge is 0.295 e. The minimum atomic E-state index is -0.770. The third-order valence-corrected chi connectivity index (χ3v) is 5.80. The van der Waals surface area contributed by atoms with Gasteiger partial charge in [-0.1, -0.05) is 30.3 Å². The van der Waals surface area contributed by atoms with Gasteiger partial charge in [-0.05, 0) is 60.5 Å². The molecule has 4 rings (SSSR count). The summed E-state index contributed by atoms with van der Waals surface area (Å²) in [4.78, 5) is 27.7. The van der Waals surface area contributed by atoms with Gasteiger partial charge in [-0.15, -0.1) is 0 Å². The fourth-order valence-corrected chi connectivity index (χ4v) is 4.11. The third-order valence-electron chi connectivity index (χ3n) is 5.80. The summed E-state index contributed by atoms with van der Waals surface area (Å²) < 4.78 is 16.3. The molecule has 0 bridgehead atoms. The number of carbonyl (C=O) groups is 2. The monoisotopic (exact) mass is 473 g/mol. The Hall–Kier alpha value is -4.10. The van der Waals surface area contributed by atoms with Crippen LogP contribution in [0.4, 0.5) is 0 Å². The second kappa shape index (κ2) is 10.9. The molecule has 180 valence electrons. The number of ketones is 1. The number of aliphatic hydroxyl groups is 1. The topological polar surface area (TPSA) is 85.3 Å². The lowest BCUT2D eigenvalue weighted by Crippen LogP contribution is -2.31. The van der Waals surface area contributed by atoms with E-state index in [1.165, 1.54) is 4.90 Å². The van der Waals surface area contributed by atoms with Gasteiger partial charge in [-0.2, -0.15) is 0 Å². The Bertz CT molecular complexity index is 1220. The predicted molar refractivity (Wildman–Crippen MR) is 131 cm³/mol. The van der Waals surface area contributed by atoms with Crippen LogP contribution in [0.1, 0.15) is 23.6 Å². The predicted octanol–water partition coefficient (Wildman–Crippen LogP) is 4.95. The highest BCUT2D eigenvalue weighted by Crippen LogP contribution is 2.40. The van der Waals surface area contributed by atoms with Crippen LogP contribution < -0.4 is 9.47 Å². The summed E-state index contributed by atoms with van der Waals surface area (Å²) in [5.74, 6) is 0.215. The van der Waals surface area contributed by atoms with Crippen LogP contribution in [-0.2, 0) is 14.3 Å². The lowest BCUT2D eigenvalue weighted by molar-refractivity contribution is -0.140. The number of methoxy groups -OCH3 is 2. The molecule has 0 radical (unpaired) electrons. The Kier molecular flexibility index (Phi) is 7.48. The normalized spacial score (nSPS) is 17.0. The van der Waals surface area contributed by atoms with E-state index in [0.717, 1.165) is 0 Å². The van der Waals surface area contributed by atoms with Gasteiger partial charge >= 0.3 is 0 Å². The average molecular weight is 474 g/mol. The van der Waals surface area contributed by atoms with E-state index >= 15 is 0 Å². The Balaban J connectivity index is 1.77. The van der Waals surface area contributed by atoms with Gasteiger partial charge in [0.2, 0.25) is 0 Å². The van der Waals surface area contributed by atoms with E-state index in [9.17, 15) is 14.7 Å². The molecule has 0 aliphatic carbocycles. The first-order valence-electron chi connectivity index (χ1n) is 11.3. The minimum absolute atomic E-state index is 0.0365. The molecule has 1 N–H and O–H groups in total. The zero-order valence-electron chi connectivity index (χ0n) is 19.6. The van der Waals surface area contributed by atoms with Gasteiger partial charge in [-0.3, -0.25) is 9.59 Å². The van der Waals surface area contributed by atoms with Crippen molar-refractivity contribution in [1.82, 2.24) is 4.90 Å². The van der Waals surface area contributed by atoms with E-state index in [2.05, 4.69) is 0 Å². The number of benzene rings is 3. The maximum atomic E-state index is 13.1. The molecule has 1 heterocycles. The summed E-state index contributed by atoms with van der Waals surface area (Å²) in [5.41, 5.74) is 1.11. The molecule has 1 atom stereocenters. The molecule has 35 heavy (non-hydrogen) atoms. The quantitative estimate of drug-likeness (QED) is 0.205. The first kappa shape index (κ1) is 24.0. The van der Waals surface area contributed by atoms with Crippen LogP contribution >= 0.6 is 0 Å². The first-order valence-corrected chi connectivity index (χ1v) is 11.3. The fraction of sp³-hybridized carbons (Fsp3) is 0.214. The second-order valence-electron chi connectivity index (χ2n) is 8.05. The van der Waals surface area contributed by atoms with E-state index in [1.807, 2.05) is 36.4 Å². The van der Waals surface area contributed by atoms with Gasteiger partial charge in [0.25, 0.3) is 11.7 Å². The summed E-state index contributed by atoms with van der Waals surface area (Å²) in [6, 6.07) is 22.4. The van der Waals surface area contributed by atoms with Crippen molar-refractivity contribution in [3.63, 3.8) is 0 Å². The van der Waals surface area contributed by atoms with Crippen LogP contribution in [0.15, 0.2) is 84.4 Å². The summed E-state index contributed by atoms with van der Waals surface area (Å²) in [7, 11) is 3.13. The van der Waals surface area contributed by atoms with Crippen molar-refractivity contribution in [2.24, 2.45) is 0 Å². The fourth-order valence-electron chi connectivity index (χ4n) is 4.11. The molecule has 1 amide bonds. The number of amides is 1. The Morgan fingerprint density at radius 3 is 2.29 bits per heavy atom. The van der Waals surface area contributed by atoms with Crippen LogP contribution in [0.5, 0.6) is 17.2 Å². The number of aliphatic hydroxyl groups excluding tert-OH is 1. The molecule has 1 saturated heterocycles. The molecule has 1 fully saturated rings. The second-order valence-corrected chi connectivity index (χ2v) is 8.05. The first-order chi connectivity index (χ1) is 17.0. The van der Waals surface area contributed by atoms with Crippen molar-refractivity contribution in [1.29, 1.82) is 0 Å². The SMILES string of the molecule is COCCCN1C(=O)C(=O)/C(=C(/O)c2ccc(OC)cc2)C1c1cccc(Oc2ccccc2)c1. The Morgan fingerprint density at radius 1 is 0.886 bits per heavy atom. The van der Waals surface area contributed by atoms with Crippen LogP contribution in [0.3, 0.4) is 0 Å². The van der Waals surface area contributed by atoms with E-state index in [-0.39, 0.29) is 11.3 Å². The highest BCUT2D eigenvalue weighted by molar-refractivity contribution is 6.46. The highest BCUT2D eigenvalue weighted by atomic mass is 16.5. The van der Waals surface area contributed by atoms with Crippen molar-refractivity contribution in [2.75, 3.05) is 27.4 Å². The van der Waals surface area contributed by atoms with Gasteiger partial charge in [0.15, 0.2) is 0 Å². The standard InChI is InChI=1S/C28H27NO6/c1-33-17-7-16-29-25(20-8-6-11-23(18-20)35-22-9-4-3-5-10-22)24(27(31)28(29)32)26(30)19-12-14-21(34-2)15-13-19/h3-6,8-15,18,25,30H,7,16-17H2,1-2H3/b26-24+. The van der Waals surface area contributed by atoms with Crippen LogP contribution in [-0.4, -0.2) is 49.1 Å². The molecule has 1 unspecified atom stereocenters. The molecule has 1 aliphatic heterocycles. The summed E-state index contributed by atoms with van der Waals surface area (Å²) >= 11 is 0. The summed E-state index contributed by atoms with van der Waals surface area (Å²) in [6.07, 6.45) is 0.544. The van der Waals surface area contributed by atoms with E-state index in [4.69, 9.17) is 14.2 Å². The Labute approximate surface area is 204 Å². The molecule has 1 aliphatic rings. The zero-order valence-corrected chi connectivity index (χ0v) is 19.6. The van der Waals surface area contributed by atoms with Gasteiger partial charge in [-0.25, -0.2) is 0 Å². The lowest BCUT2D eigenvalue weighted by atomic mass is 9.95. The molecule has 7 nitrogen and oxygen atoms in total. The van der Waals surface area contributed by atoms with Crippen LogP contribution in [0.2, 0.25) is 0 Å². The number of hydrogen-bond acceptors (Lipinski definition) is 6. The number of para-hydroxylation sites is 1. The molecular weight excluding hydrogens is 446 g/mol. The molecule has 3 aromatic carbocycles. The number of Topliss-reactive ketones (excluding diaryl/α,β-unsaturated/α-hetero) is 1. The van der Waals surface area contributed by atoms with E-state index < -0.39 is 17.7 Å². The number of rotatable bonds is 9. The maximum absolute atomic E-state index is 13.1. The van der Waals surface area contributed by atoms with Gasteiger partial charge in [0.1, 0.15) is 23.0 Å². The molecule has 7 heteroatoms. The van der Waals surface area contributed by atoms with Crippen molar-refractivity contribution < 1.29 is 28.9 Å². The summed E-state index contributed by atoms with van der Waals surface area (Å²) in [5, 5.41) is 11.2. The van der Waals surface area contributed by atoms with Crippen molar-refractivity contribution in [2.45, 2.75) is 12.5 Å². The lowest BCUT2D eigenvalue weighted by Gasteiger charge is -2.25. The van der Waals surface area contributed by atoms with Crippen molar-refractivity contribution >= 4 is 17.4 Å². The Morgan fingerprint density at radius 2 is 1.60 bits per heavy atom. The molecule has 0 spiro atoms. The van der Waals surface area contributed by atoms with Crippen LogP contribution in [0.25, 0.3) is 5.76 Å². The highest BCUT2D eigenvalue weighted by Gasteiger charge is 2.45. The number of likely N-dealkylation sites (tertiary alicyclic amines) is 1. The number of hydrogen-bond donors (Lipinski definition) is 1. The zero-order chi connectivity index (χ0) is 24.8. The molecule has 0 aromatic heterocycles. The van der Waals surface area contributed by atoms with Crippen LogP contribution in [0, 0.1) is 0 Å². The van der Waals surface area contributed by atoms with Crippen molar-refractivity contribution in [3.8, 4) is 17.2 Å². The number of ether oxygens (including phenoxy) is 3. The molecule has 3 aromatic rings. The van der Waals surface area contributed by atoms with Crippen molar-refractivity contribution in [3.05, 3.63) is 95.6 Å². The van der Waals surface area contributed by atoms with E-state index in [0.29, 0.717) is 47.9 Å². The largest absolute Gasteiger partial charge is 0.507 e.